The Morgan fingerprint density at radius 3 is 2.27 bits per heavy atom. The minimum absolute atomic E-state index is 0.00695. The molecule has 0 spiro atoms. The van der Waals surface area contributed by atoms with E-state index in [2.05, 4.69) is 26.4 Å². The lowest BCUT2D eigenvalue weighted by molar-refractivity contribution is -0.132. The van der Waals surface area contributed by atoms with Gasteiger partial charge in [-0.3, -0.25) is 28.7 Å². The molecular formula is C37H49N7O5. The highest BCUT2D eigenvalue weighted by Crippen LogP contribution is 2.14. The zero-order chi connectivity index (χ0) is 35.3. The third-order valence-corrected chi connectivity index (χ3v) is 8.61. The summed E-state index contributed by atoms with van der Waals surface area (Å²) in [7, 11) is 1.85. The number of aryl methyl sites for hydroxylation is 2. The molecule has 262 valence electrons. The first-order valence-corrected chi connectivity index (χ1v) is 17.1. The zero-order valence-electron chi connectivity index (χ0n) is 28.9. The van der Waals surface area contributed by atoms with Crippen molar-refractivity contribution in [3.05, 3.63) is 89.2 Å². The number of aromatic nitrogens is 2. The van der Waals surface area contributed by atoms with E-state index < -0.39 is 35.8 Å². The van der Waals surface area contributed by atoms with Gasteiger partial charge in [-0.2, -0.15) is 5.10 Å². The van der Waals surface area contributed by atoms with Crippen LogP contribution in [0.4, 0.5) is 0 Å². The van der Waals surface area contributed by atoms with Crippen molar-refractivity contribution in [1.82, 2.24) is 35.9 Å². The van der Waals surface area contributed by atoms with Crippen LogP contribution in [-0.2, 0) is 45.6 Å². The van der Waals surface area contributed by atoms with Gasteiger partial charge in [0, 0.05) is 57.0 Å². The fourth-order valence-electron chi connectivity index (χ4n) is 5.76. The molecule has 0 unspecified atom stereocenters. The number of fused-ring (bicyclic) bond motifs is 18. The maximum atomic E-state index is 13.7. The Balaban J connectivity index is 1.58. The molecule has 5 amide bonds. The van der Waals surface area contributed by atoms with Gasteiger partial charge in [0.1, 0.15) is 18.1 Å². The number of amides is 5. The van der Waals surface area contributed by atoms with Crippen molar-refractivity contribution < 1.29 is 24.0 Å². The van der Waals surface area contributed by atoms with E-state index in [0.717, 1.165) is 16.8 Å². The quantitative estimate of drug-likeness (QED) is 0.283. The fraction of sp³-hybridized carbons (Fsp3) is 0.459. The van der Waals surface area contributed by atoms with Gasteiger partial charge in [0.2, 0.25) is 23.6 Å². The van der Waals surface area contributed by atoms with E-state index in [-0.39, 0.29) is 24.2 Å². The number of rotatable bonds is 7. The van der Waals surface area contributed by atoms with E-state index >= 15 is 0 Å². The van der Waals surface area contributed by atoms with Gasteiger partial charge >= 0.3 is 0 Å². The number of nitrogens with one attached hydrogen (secondary N) is 4. The smallest absolute Gasteiger partial charge is 0.251 e. The van der Waals surface area contributed by atoms with Crippen LogP contribution in [0.25, 0.3) is 0 Å². The summed E-state index contributed by atoms with van der Waals surface area (Å²) in [6.07, 6.45) is 4.42. The molecule has 2 aliphatic heterocycles. The normalized spacial score (nSPS) is 20.2. The first kappa shape index (κ1) is 36.8. The summed E-state index contributed by atoms with van der Waals surface area (Å²) in [5, 5.41) is 15.5. The Bertz CT molecular complexity index is 1570. The van der Waals surface area contributed by atoms with Gasteiger partial charge in [-0.05, 0) is 67.9 Å². The predicted octanol–water partition coefficient (Wildman–Crippen LogP) is 2.67. The van der Waals surface area contributed by atoms with Crippen LogP contribution in [0.2, 0.25) is 0 Å². The van der Waals surface area contributed by atoms with Crippen molar-refractivity contribution in [2.24, 2.45) is 13.0 Å². The summed E-state index contributed by atoms with van der Waals surface area (Å²) in [6, 6.07) is 15.5. The number of carbonyl (C=O) groups excluding carboxylic acids is 5. The molecule has 5 rings (SSSR count). The zero-order valence-corrected chi connectivity index (χ0v) is 28.9. The highest BCUT2D eigenvalue weighted by molar-refractivity contribution is 5.99. The number of carbonyl (C=O) groups is 5. The first-order chi connectivity index (χ1) is 23.5. The van der Waals surface area contributed by atoms with Gasteiger partial charge in [-0.25, -0.2) is 0 Å². The van der Waals surface area contributed by atoms with Gasteiger partial charge in [0.15, 0.2) is 0 Å². The number of nitrogens with zero attached hydrogens (tertiary/aromatic N) is 3. The standard InChI is InChI=1S/C37H49N7O5/c1-25(2)22-31-36(48)40-26(3)34(46)38-19-8-9-21-44(33(45)17-16-30-18-20-39-43(30)4)24-28-12-14-29(15-13-28)35(47)41-32(37(49)42-31)23-27-10-6-5-7-11-27/h5-7,10-15,18,20,25-26,31-32H,8-9,16-17,19,21-24H2,1-4H3,(H,38,46)(H,40,48)(H,41,47)(H,42,49)/t26-,31+,32-/m1/s1. The molecule has 3 atom stereocenters. The largest absolute Gasteiger partial charge is 0.354 e. The van der Waals surface area contributed by atoms with Crippen molar-refractivity contribution >= 4 is 29.5 Å². The summed E-state index contributed by atoms with van der Waals surface area (Å²) >= 11 is 0. The molecule has 0 radical (unpaired) electrons. The van der Waals surface area contributed by atoms with E-state index in [1.54, 1.807) is 34.8 Å². The summed E-state index contributed by atoms with van der Waals surface area (Å²) < 4.78 is 1.76. The minimum atomic E-state index is -0.973. The van der Waals surface area contributed by atoms with Crippen molar-refractivity contribution in [3.63, 3.8) is 0 Å². The SMILES string of the molecule is CC(C)C[C@@H]1NC(=O)[C@@H](Cc2ccccc2)NC(=O)c2ccc(cc2)CN(C(=O)CCc2ccnn2C)CCCCNC(=O)[C@@H](C)NC1=O. The summed E-state index contributed by atoms with van der Waals surface area (Å²) in [5.41, 5.74) is 3.03. The van der Waals surface area contributed by atoms with Crippen LogP contribution in [0.5, 0.6) is 0 Å². The molecule has 1 aromatic heterocycles. The molecule has 12 nitrogen and oxygen atoms in total. The van der Waals surface area contributed by atoms with Gasteiger partial charge in [0.05, 0.1) is 0 Å². The Morgan fingerprint density at radius 1 is 0.878 bits per heavy atom. The van der Waals surface area contributed by atoms with Crippen molar-refractivity contribution in [3.8, 4) is 0 Å². The van der Waals surface area contributed by atoms with Crippen molar-refractivity contribution in [1.29, 1.82) is 0 Å². The minimum Gasteiger partial charge on any atom is -0.354 e. The van der Waals surface area contributed by atoms with Gasteiger partial charge in [-0.15, -0.1) is 0 Å². The molecular weight excluding hydrogens is 622 g/mol. The van der Waals surface area contributed by atoms with Crippen LogP contribution >= 0.6 is 0 Å². The van der Waals surface area contributed by atoms with Crippen LogP contribution in [0.1, 0.15) is 73.6 Å². The van der Waals surface area contributed by atoms with E-state index in [9.17, 15) is 24.0 Å². The molecule has 2 bridgehead atoms. The topological polar surface area (TPSA) is 155 Å². The second-order valence-electron chi connectivity index (χ2n) is 13.1. The Hall–Kier alpha value is -5.00. The maximum Gasteiger partial charge on any atom is 0.251 e. The van der Waals surface area contributed by atoms with E-state index in [1.165, 1.54) is 0 Å². The van der Waals surface area contributed by atoms with Crippen LogP contribution in [-0.4, -0.2) is 75.4 Å². The van der Waals surface area contributed by atoms with Crippen LogP contribution in [0.3, 0.4) is 0 Å². The Labute approximate surface area is 288 Å². The molecule has 4 N–H and O–H groups in total. The van der Waals surface area contributed by atoms with Gasteiger partial charge in [0.25, 0.3) is 5.91 Å². The van der Waals surface area contributed by atoms with Crippen molar-refractivity contribution in [2.75, 3.05) is 13.1 Å². The Kier molecular flexibility index (Phi) is 13.5. The van der Waals surface area contributed by atoms with Crippen molar-refractivity contribution in [2.45, 2.75) is 84.0 Å². The predicted molar refractivity (Wildman–Crippen MR) is 186 cm³/mol. The molecule has 49 heavy (non-hydrogen) atoms. The summed E-state index contributed by atoms with van der Waals surface area (Å²) in [6.45, 7) is 6.71. The fourth-order valence-corrected chi connectivity index (χ4v) is 5.76. The molecule has 3 heterocycles. The van der Waals surface area contributed by atoms with E-state index in [4.69, 9.17) is 0 Å². The molecule has 0 fully saturated rings. The average molecular weight is 672 g/mol. The summed E-state index contributed by atoms with van der Waals surface area (Å²) in [4.78, 5) is 68.7. The monoisotopic (exact) mass is 671 g/mol. The van der Waals surface area contributed by atoms with Crippen LogP contribution in [0, 0.1) is 5.92 Å². The molecule has 2 aliphatic rings. The number of hydrogen-bond donors (Lipinski definition) is 4. The molecule has 0 aliphatic carbocycles. The lowest BCUT2D eigenvalue weighted by atomic mass is 10.0. The second kappa shape index (κ2) is 18.0. The molecule has 12 heteroatoms. The highest BCUT2D eigenvalue weighted by atomic mass is 16.2. The third-order valence-electron chi connectivity index (χ3n) is 8.61. The summed E-state index contributed by atoms with van der Waals surface area (Å²) in [5.74, 6) is -1.70. The second-order valence-corrected chi connectivity index (χ2v) is 13.1. The number of benzene rings is 2. The molecule has 3 aromatic rings. The lowest BCUT2D eigenvalue weighted by Crippen LogP contribution is -2.57. The van der Waals surface area contributed by atoms with Crippen LogP contribution in [0.15, 0.2) is 66.9 Å². The van der Waals surface area contributed by atoms with Gasteiger partial charge < -0.3 is 26.2 Å². The number of hydrogen-bond acceptors (Lipinski definition) is 6. The highest BCUT2D eigenvalue weighted by Gasteiger charge is 2.29. The Morgan fingerprint density at radius 2 is 1.59 bits per heavy atom. The van der Waals surface area contributed by atoms with Gasteiger partial charge in [-0.1, -0.05) is 56.3 Å². The first-order valence-electron chi connectivity index (χ1n) is 17.1. The maximum absolute atomic E-state index is 13.7. The average Bonchev–Trinajstić information content (AvgIpc) is 3.49. The lowest BCUT2D eigenvalue weighted by Gasteiger charge is -2.25. The van der Waals surface area contributed by atoms with E-state index in [0.29, 0.717) is 57.3 Å². The van der Waals surface area contributed by atoms with E-state index in [1.807, 2.05) is 69.4 Å². The molecule has 2 aromatic carbocycles. The van der Waals surface area contributed by atoms with Crippen LogP contribution < -0.4 is 21.3 Å². The molecule has 0 saturated carbocycles. The third kappa shape index (κ3) is 11.3. The molecule has 0 saturated heterocycles.